The number of hydrogen-bond acceptors (Lipinski definition) is 3. The van der Waals surface area contributed by atoms with Crippen LogP contribution in [0.25, 0.3) is 0 Å². The molecule has 5 nitrogen and oxygen atoms in total. The zero-order valence-corrected chi connectivity index (χ0v) is 10.0. The second kappa shape index (κ2) is 5.82. The molecular weight excluding hydrogens is 216 g/mol. The number of hydrogen-bond donors (Lipinski definition) is 2. The maximum atomic E-state index is 11.8. The summed E-state index contributed by atoms with van der Waals surface area (Å²) in [7, 11) is 0. The van der Waals surface area contributed by atoms with Gasteiger partial charge in [0.1, 0.15) is 6.54 Å². The molecule has 17 heavy (non-hydrogen) atoms. The van der Waals surface area contributed by atoms with Crippen molar-refractivity contribution < 1.29 is 4.79 Å². The molecule has 0 saturated heterocycles. The maximum absolute atomic E-state index is 11.8. The van der Waals surface area contributed by atoms with E-state index in [1.54, 1.807) is 17.1 Å². The van der Waals surface area contributed by atoms with E-state index in [9.17, 15) is 4.79 Å². The third-order valence-corrected chi connectivity index (χ3v) is 3.28. The van der Waals surface area contributed by atoms with E-state index in [1.807, 2.05) is 6.07 Å². The van der Waals surface area contributed by atoms with Crippen molar-refractivity contribution in [3.05, 3.63) is 18.5 Å². The van der Waals surface area contributed by atoms with Crippen LogP contribution in [0.1, 0.15) is 32.1 Å². The number of amides is 1. The van der Waals surface area contributed by atoms with Crippen LogP contribution in [0.5, 0.6) is 0 Å². The lowest BCUT2D eigenvalue weighted by Gasteiger charge is -2.22. The topological polar surface area (TPSA) is 72.9 Å². The minimum absolute atomic E-state index is 0.00366. The largest absolute Gasteiger partial charge is 0.350 e. The van der Waals surface area contributed by atoms with Crippen LogP contribution < -0.4 is 11.1 Å². The van der Waals surface area contributed by atoms with Gasteiger partial charge in [-0.05, 0) is 18.9 Å². The number of nitrogens with two attached hydrogens (primary N) is 1. The predicted octanol–water partition coefficient (Wildman–Crippen LogP) is 0.659. The molecule has 1 aliphatic rings. The highest BCUT2D eigenvalue weighted by Crippen LogP contribution is 2.16. The molecule has 94 valence electrons. The predicted molar refractivity (Wildman–Crippen MR) is 65.2 cm³/mol. The normalized spacial score (nSPS) is 25.2. The van der Waals surface area contributed by atoms with Gasteiger partial charge in [0.25, 0.3) is 0 Å². The number of aromatic nitrogens is 2. The quantitative estimate of drug-likeness (QED) is 0.757. The van der Waals surface area contributed by atoms with Gasteiger partial charge in [0, 0.05) is 24.5 Å². The highest BCUT2D eigenvalue weighted by Gasteiger charge is 2.21. The van der Waals surface area contributed by atoms with Crippen LogP contribution in [0.3, 0.4) is 0 Å². The van der Waals surface area contributed by atoms with Crippen LogP contribution in [0.2, 0.25) is 0 Å². The van der Waals surface area contributed by atoms with Crippen molar-refractivity contribution in [2.75, 3.05) is 0 Å². The summed E-state index contributed by atoms with van der Waals surface area (Å²) in [6.45, 7) is 0.274. The van der Waals surface area contributed by atoms with Gasteiger partial charge in [-0.25, -0.2) is 0 Å². The summed E-state index contributed by atoms with van der Waals surface area (Å²) < 4.78 is 1.62. The monoisotopic (exact) mass is 236 g/mol. The Hall–Kier alpha value is -1.36. The number of nitrogens with zero attached hydrogens (tertiary/aromatic N) is 2. The lowest BCUT2D eigenvalue weighted by Crippen LogP contribution is -2.47. The maximum Gasteiger partial charge on any atom is 0.242 e. The van der Waals surface area contributed by atoms with E-state index in [1.165, 1.54) is 12.8 Å². The average Bonchev–Trinajstić information content (AvgIpc) is 2.71. The van der Waals surface area contributed by atoms with Crippen LogP contribution in [0, 0.1) is 0 Å². The van der Waals surface area contributed by atoms with Gasteiger partial charge in [0.2, 0.25) is 5.91 Å². The Bertz CT molecular complexity index is 349. The highest BCUT2D eigenvalue weighted by atomic mass is 16.2. The van der Waals surface area contributed by atoms with Gasteiger partial charge in [-0.1, -0.05) is 19.3 Å². The molecule has 2 atom stereocenters. The lowest BCUT2D eigenvalue weighted by molar-refractivity contribution is -0.122. The van der Waals surface area contributed by atoms with Gasteiger partial charge in [-0.15, -0.1) is 0 Å². The number of carbonyl (C=O) groups is 1. The van der Waals surface area contributed by atoms with Gasteiger partial charge in [0.05, 0.1) is 0 Å². The smallest absolute Gasteiger partial charge is 0.242 e. The summed E-state index contributed by atoms with van der Waals surface area (Å²) in [4.78, 5) is 11.8. The SMILES string of the molecule is NC1CCCCCC1NC(=O)Cn1cccn1. The molecule has 0 radical (unpaired) electrons. The van der Waals surface area contributed by atoms with Crippen molar-refractivity contribution in [1.82, 2.24) is 15.1 Å². The van der Waals surface area contributed by atoms with E-state index >= 15 is 0 Å². The van der Waals surface area contributed by atoms with Crippen LogP contribution >= 0.6 is 0 Å². The average molecular weight is 236 g/mol. The van der Waals surface area contributed by atoms with Gasteiger partial charge >= 0.3 is 0 Å². The first-order valence-corrected chi connectivity index (χ1v) is 6.28. The summed E-state index contributed by atoms with van der Waals surface area (Å²) in [5.41, 5.74) is 6.06. The summed E-state index contributed by atoms with van der Waals surface area (Å²) in [5.74, 6) is -0.00366. The van der Waals surface area contributed by atoms with Gasteiger partial charge in [0.15, 0.2) is 0 Å². The Morgan fingerprint density at radius 3 is 3.00 bits per heavy atom. The van der Waals surface area contributed by atoms with E-state index in [0.717, 1.165) is 19.3 Å². The van der Waals surface area contributed by atoms with Crippen molar-refractivity contribution in [2.45, 2.75) is 50.7 Å². The van der Waals surface area contributed by atoms with Crippen molar-refractivity contribution >= 4 is 5.91 Å². The Morgan fingerprint density at radius 2 is 2.24 bits per heavy atom. The molecule has 2 unspecified atom stereocenters. The van der Waals surface area contributed by atoms with E-state index in [0.29, 0.717) is 0 Å². The van der Waals surface area contributed by atoms with Gasteiger partial charge < -0.3 is 11.1 Å². The van der Waals surface area contributed by atoms with Crippen molar-refractivity contribution in [1.29, 1.82) is 0 Å². The fourth-order valence-electron chi connectivity index (χ4n) is 2.31. The first-order valence-electron chi connectivity index (χ1n) is 6.28. The fourth-order valence-corrected chi connectivity index (χ4v) is 2.31. The number of carbonyl (C=O) groups excluding carboxylic acids is 1. The molecule has 1 aromatic heterocycles. The Kier molecular flexibility index (Phi) is 4.14. The zero-order chi connectivity index (χ0) is 12.1. The molecule has 0 bridgehead atoms. The van der Waals surface area contributed by atoms with Crippen LogP contribution in [-0.2, 0) is 11.3 Å². The van der Waals surface area contributed by atoms with E-state index in [2.05, 4.69) is 10.4 Å². The first kappa shape index (κ1) is 12.1. The molecule has 0 spiro atoms. The fraction of sp³-hybridized carbons (Fsp3) is 0.667. The van der Waals surface area contributed by atoms with E-state index in [-0.39, 0.29) is 24.5 Å². The first-order chi connectivity index (χ1) is 8.25. The molecule has 2 rings (SSSR count). The Labute approximate surface area is 101 Å². The molecule has 0 aromatic carbocycles. The van der Waals surface area contributed by atoms with E-state index < -0.39 is 0 Å². The zero-order valence-electron chi connectivity index (χ0n) is 10.0. The molecule has 1 fully saturated rings. The van der Waals surface area contributed by atoms with Crippen molar-refractivity contribution in [2.24, 2.45) is 5.73 Å². The molecule has 1 heterocycles. The minimum Gasteiger partial charge on any atom is -0.350 e. The molecule has 1 aliphatic carbocycles. The summed E-state index contributed by atoms with van der Waals surface area (Å²) in [5, 5.41) is 7.03. The second-order valence-corrected chi connectivity index (χ2v) is 4.68. The second-order valence-electron chi connectivity index (χ2n) is 4.68. The van der Waals surface area contributed by atoms with E-state index in [4.69, 9.17) is 5.73 Å². The minimum atomic E-state index is -0.00366. The molecule has 3 N–H and O–H groups in total. The molecule has 1 aromatic rings. The van der Waals surface area contributed by atoms with Crippen LogP contribution in [-0.4, -0.2) is 27.8 Å². The number of nitrogens with one attached hydrogen (secondary N) is 1. The lowest BCUT2D eigenvalue weighted by atomic mass is 10.0. The standard InChI is InChI=1S/C12H20N4O/c13-10-5-2-1-3-6-11(10)15-12(17)9-16-8-4-7-14-16/h4,7-8,10-11H,1-3,5-6,9,13H2,(H,15,17). The Balaban J connectivity index is 1.84. The highest BCUT2D eigenvalue weighted by molar-refractivity contribution is 5.76. The molecular formula is C12H20N4O. The molecule has 1 saturated carbocycles. The van der Waals surface area contributed by atoms with Crippen molar-refractivity contribution in [3.63, 3.8) is 0 Å². The van der Waals surface area contributed by atoms with Crippen LogP contribution in [0.4, 0.5) is 0 Å². The van der Waals surface area contributed by atoms with Crippen molar-refractivity contribution in [3.8, 4) is 0 Å². The summed E-state index contributed by atoms with van der Waals surface area (Å²) in [6, 6.07) is 2.03. The number of rotatable bonds is 3. The summed E-state index contributed by atoms with van der Waals surface area (Å²) in [6.07, 6.45) is 9.00. The third kappa shape index (κ3) is 3.56. The van der Waals surface area contributed by atoms with Crippen LogP contribution in [0.15, 0.2) is 18.5 Å². The van der Waals surface area contributed by atoms with Gasteiger partial charge in [-0.3, -0.25) is 9.48 Å². The van der Waals surface area contributed by atoms with Gasteiger partial charge in [-0.2, -0.15) is 5.10 Å². The molecule has 5 heteroatoms. The molecule has 0 aliphatic heterocycles. The third-order valence-electron chi connectivity index (χ3n) is 3.28. The summed E-state index contributed by atoms with van der Waals surface area (Å²) >= 11 is 0. The molecule has 1 amide bonds. The Morgan fingerprint density at radius 1 is 1.41 bits per heavy atom.